The van der Waals surface area contributed by atoms with Crippen LogP contribution in [0.1, 0.15) is 39.5 Å². The zero-order valence-corrected chi connectivity index (χ0v) is 11.6. The summed E-state index contributed by atoms with van der Waals surface area (Å²) in [6.45, 7) is 8.26. The lowest BCUT2D eigenvalue weighted by atomic mass is 9.57. The summed E-state index contributed by atoms with van der Waals surface area (Å²) in [4.78, 5) is 12.1. The van der Waals surface area contributed by atoms with Crippen molar-refractivity contribution in [3.63, 3.8) is 0 Å². The minimum atomic E-state index is -0.395. The Hall–Kier alpha value is -0.830. The quantitative estimate of drug-likeness (QED) is 0.607. The number of rotatable bonds is 2. The van der Waals surface area contributed by atoms with Gasteiger partial charge in [0.2, 0.25) is 0 Å². The largest absolute Gasteiger partial charge is 0.469 e. The van der Waals surface area contributed by atoms with E-state index in [9.17, 15) is 9.90 Å². The van der Waals surface area contributed by atoms with Crippen molar-refractivity contribution >= 4 is 5.97 Å². The SMILES string of the molecule is C=C(C)[C@@]12CC[C@@H](C)[C@@H](C(=O)OC)[C@@H]1[C@@H](O)CC2. The van der Waals surface area contributed by atoms with Crippen molar-refractivity contribution in [2.75, 3.05) is 7.11 Å². The third kappa shape index (κ3) is 1.80. The summed E-state index contributed by atoms with van der Waals surface area (Å²) in [5.74, 6) is -0.0781. The third-order valence-corrected chi connectivity index (χ3v) is 5.31. The normalized spacial score (nSPS) is 43.3. The molecule has 1 N–H and O–H groups in total. The van der Waals surface area contributed by atoms with Crippen LogP contribution in [-0.4, -0.2) is 24.3 Å². The van der Waals surface area contributed by atoms with Crippen molar-refractivity contribution in [3.05, 3.63) is 12.2 Å². The molecular weight excluding hydrogens is 228 g/mol. The number of hydrogen-bond acceptors (Lipinski definition) is 3. The topological polar surface area (TPSA) is 46.5 Å². The number of aliphatic hydroxyl groups excluding tert-OH is 1. The molecule has 0 radical (unpaired) electrons. The van der Waals surface area contributed by atoms with Crippen molar-refractivity contribution in [2.45, 2.75) is 45.6 Å². The molecule has 2 aliphatic carbocycles. The van der Waals surface area contributed by atoms with E-state index in [0.29, 0.717) is 0 Å². The van der Waals surface area contributed by atoms with Crippen LogP contribution in [0.25, 0.3) is 0 Å². The summed E-state index contributed by atoms with van der Waals surface area (Å²) in [6.07, 6.45) is 3.38. The maximum absolute atomic E-state index is 12.1. The Labute approximate surface area is 109 Å². The number of allylic oxidation sites excluding steroid dienone is 1. The number of carbonyl (C=O) groups excluding carboxylic acids is 1. The van der Waals surface area contributed by atoms with E-state index >= 15 is 0 Å². The first-order valence-electron chi connectivity index (χ1n) is 6.86. The molecule has 2 saturated carbocycles. The molecule has 0 amide bonds. The summed E-state index contributed by atoms with van der Waals surface area (Å²) < 4.78 is 4.96. The van der Waals surface area contributed by atoms with Gasteiger partial charge in [0.25, 0.3) is 0 Å². The molecule has 0 heterocycles. The zero-order valence-electron chi connectivity index (χ0n) is 11.6. The van der Waals surface area contributed by atoms with Crippen molar-refractivity contribution in [3.8, 4) is 0 Å². The molecule has 3 heteroatoms. The van der Waals surface area contributed by atoms with Crippen LogP contribution in [0.3, 0.4) is 0 Å². The van der Waals surface area contributed by atoms with Gasteiger partial charge in [0.1, 0.15) is 0 Å². The van der Waals surface area contributed by atoms with Gasteiger partial charge in [-0.15, -0.1) is 0 Å². The van der Waals surface area contributed by atoms with E-state index < -0.39 is 6.10 Å². The molecule has 102 valence electrons. The fourth-order valence-electron chi connectivity index (χ4n) is 4.24. The summed E-state index contributed by atoms with van der Waals surface area (Å²) in [5, 5.41) is 10.3. The number of carbonyl (C=O) groups is 1. The molecule has 3 nitrogen and oxygen atoms in total. The Morgan fingerprint density at radius 2 is 2.00 bits per heavy atom. The Morgan fingerprint density at radius 3 is 2.56 bits per heavy atom. The summed E-state index contributed by atoms with van der Waals surface area (Å²) in [5.41, 5.74) is 1.06. The van der Waals surface area contributed by atoms with Crippen LogP contribution < -0.4 is 0 Å². The van der Waals surface area contributed by atoms with Gasteiger partial charge in [0.15, 0.2) is 0 Å². The molecule has 0 aromatic carbocycles. The van der Waals surface area contributed by atoms with Gasteiger partial charge in [-0.05, 0) is 43.9 Å². The first-order valence-corrected chi connectivity index (χ1v) is 6.86. The standard InChI is InChI=1S/C15H24O3/c1-9(2)15-7-5-10(3)12(14(17)18-4)13(15)11(16)6-8-15/h10-13,16H,1,5-8H2,2-4H3/t10-,11+,12-,13+,15+/m1/s1. The molecule has 0 aromatic heterocycles. The third-order valence-electron chi connectivity index (χ3n) is 5.31. The second-order valence-electron chi connectivity index (χ2n) is 6.13. The van der Waals surface area contributed by atoms with Gasteiger partial charge in [-0.2, -0.15) is 0 Å². The van der Waals surface area contributed by atoms with E-state index in [4.69, 9.17) is 4.74 Å². The van der Waals surface area contributed by atoms with Crippen molar-refractivity contribution in [1.82, 2.24) is 0 Å². The molecule has 0 bridgehead atoms. The highest BCUT2D eigenvalue weighted by molar-refractivity contribution is 5.73. The number of hydrogen-bond donors (Lipinski definition) is 1. The lowest BCUT2D eigenvalue weighted by Gasteiger charge is -2.47. The predicted molar refractivity (Wildman–Crippen MR) is 69.9 cm³/mol. The van der Waals surface area contributed by atoms with E-state index in [1.165, 1.54) is 7.11 Å². The average Bonchev–Trinajstić information content (AvgIpc) is 2.68. The molecular formula is C15H24O3. The molecule has 0 saturated heterocycles. The molecule has 0 spiro atoms. The summed E-state index contributed by atoms with van der Waals surface area (Å²) in [6, 6.07) is 0. The monoisotopic (exact) mass is 252 g/mol. The first-order chi connectivity index (χ1) is 8.44. The lowest BCUT2D eigenvalue weighted by molar-refractivity contribution is -0.156. The van der Waals surface area contributed by atoms with E-state index in [1.54, 1.807) is 0 Å². The zero-order chi connectivity index (χ0) is 13.5. The van der Waals surface area contributed by atoms with Crippen LogP contribution >= 0.6 is 0 Å². The van der Waals surface area contributed by atoms with Gasteiger partial charge in [0.05, 0.1) is 19.1 Å². The molecule has 2 fully saturated rings. The minimum absolute atomic E-state index is 0.00815. The van der Waals surface area contributed by atoms with E-state index in [0.717, 1.165) is 31.3 Å². The van der Waals surface area contributed by atoms with Crippen LogP contribution in [0.15, 0.2) is 12.2 Å². The second-order valence-corrected chi connectivity index (χ2v) is 6.13. The average molecular weight is 252 g/mol. The Morgan fingerprint density at radius 1 is 1.39 bits per heavy atom. The van der Waals surface area contributed by atoms with Crippen LogP contribution in [0.4, 0.5) is 0 Å². The molecule has 2 rings (SSSR count). The number of aliphatic hydroxyl groups is 1. The molecule has 5 atom stereocenters. The summed E-state index contributed by atoms with van der Waals surface area (Å²) in [7, 11) is 1.44. The van der Waals surface area contributed by atoms with Crippen molar-refractivity contribution in [2.24, 2.45) is 23.2 Å². The highest BCUT2D eigenvalue weighted by atomic mass is 16.5. The maximum atomic E-state index is 12.1. The smallest absolute Gasteiger partial charge is 0.309 e. The van der Waals surface area contributed by atoms with Gasteiger partial charge in [-0.25, -0.2) is 0 Å². The van der Waals surface area contributed by atoms with Crippen LogP contribution in [-0.2, 0) is 9.53 Å². The van der Waals surface area contributed by atoms with Gasteiger partial charge >= 0.3 is 5.97 Å². The second kappa shape index (κ2) is 4.69. The number of esters is 1. The van der Waals surface area contributed by atoms with Gasteiger partial charge in [-0.1, -0.05) is 19.1 Å². The maximum Gasteiger partial charge on any atom is 0.309 e. The van der Waals surface area contributed by atoms with Crippen molar-refractivity contribution < 1.29 is 14.6 Å². The highest BCUT2D eigenvalue weighted by Gasteiger charge is 2.57. The van der Waals surface area contributed by atoms with Gasteiger partial charge in [-0.3, -0.25) is 4.79 Å². The molecule has 0 unspecified atom stereocenters. The van der Waals surface area contributed by atoms with Crippen LogP contribution in [0, 0.1) is 23.2 Å². The number of fused-ring (bicyclic) bond motifs is 1. The van der Waals surface area contributed by atoms with Gasteiger partial charge < -0.3 is 9.84 Å². The Balaban J connectivity index is 2.40. The first kappa shape index (κ1) is 13.6. The number of ether oxygens (including phenoxy) is 1. The van der Waals surface area contributed by atoms with Crippen LogP contribution in [0.5, 0.6) is 0 Å². The van der Waals surface area contributed by atoms with Crippen LogP contribution in [0.2, 0.25) is 0 Å². The van der Waals surface area contributed by atoms with Gasteiger partial charge in [0, 0.05) is 5.92 Å². The highest BCUT2D eigenvalue weighted by Crippen LogP contribution is 2.59. The molecule has 0 aliphatic heterocycles. The van der Waals surface area contributed by atoms with E-state index in [1.807, 2.05) is 6.92 Å². The minimum Gasteiger partial charge on any atom is -0.469 e. The number of methoxy groups -OCH3 is 1. The van der Waals surface area contributed by atoms with E-state index in [2.05, 4.69) is 13.5 Å². The lowest BCUT2D eigenvalue weighted by Crippen LogP contribution is -2.47. The molecule has 0 aromatic rings. The van der Waals surface area contributed by atoms with E-state index in [-0.39, 0.29) is 29.1 Å². The Kier molecular flexibility index (Phi) is 3.54. The summed E-state index contributed by atoms with van der Waals surface area (Å²) >= 11 is 0. The Bertz CT molecular complexity index is 363. The molecule has 2 aliphatic rings. The predicted octanol–water partition coefficient (Wildman–Crippen LogP) is 2.54. The molecule has 18 heavy (non-hydrogen) atoms. The van der Waals surface area contributed by atoms with Crippen molar-refractivity contribution in [1.29, 1.82) is 0 Å². The fourth-order valence-corrected chi connectivity index (χ4v) is 4.24. The fraction of sp³-hybridized carbons (Fsp3) is 0.800.